The lowest BCUT2D eigenvalue weighted by atomic mass is 9.86. The minimum absolute atomic E-state index is 0. The molecular weight excluding hydrogens is 491 g/mol. The van der Waals surface area contributed by atoms with E-state index in [1.165, 1.54) is 6.07 Å². The van der Waals surface area contributed by atoms with Crippen molar-refractivity contribution in [2.45, 2.75) is 58.4 Å². The van der Waals surface area contributed by atoms with Gasteiger partial charge in [-0.15, -0.1) is 24.0 Å². The van der Waals surface area contributed by atoms with Crippen LogP contribution in [-0.4, -0.2) is 37.7 Å². The number of hydrogen-bond acceptors (Lipinski definition) is 3. The summed E-state index contributed by atoms with van der Waals surface area (Å²) in [4.78, 5) is 16.5. The summed E-state index contributed by atoms with van der Waals surface area (Å²) in [6.45, 7) is 7.36. The number of nitrogens with one attached hydrogen (secondary N) is 2. The van der Waals surface area contributed by atoms with Crippen LogP contribution in [0.2, 0.25) is 0 Å². The number of hydrogen-bond donors (Lipinski definition) is 2. The van der Waals surface area contributed by atoms with Crippen molar-refractivity contribution in [1.29, 1.82) is 0 Å². The Hall–Kier alpha value is -1.45. The number of nitrogens with zero attached hydrogens (tertiary/aromatic N) is 1. The molecule has 1 aliphatic carbocycles. The molecule has 164 valence electrons. The molecule has 0 spiro atoms. The van der Waals surface area contributed by atoms with Gasteiger partial charge in [0.2, 0.25) is 0 Å². The smallest absolute Gasteiger partial charge is 0.308 e. The first-order chi connectivity index (χ1) is 13.4. The Morgan fingerprint density at radius 3 is 2.48 bits per heavy atom. The molecule has 8 heteroatoms. The van der Waals surface area contributed by atoms with Gasteiger partial charge in [-0.25, -0.2) is 8.78 Å². The summed E-state index contributed by atoms with van der Waals surface area (Å²) in [6.07, 6.45) is 3.38. The van der Waals surface area contributed by atoms with Crippen LogP contribution in [0.15, 0.2) is 23.2 Å². The van der Waals surface area contributed by atoms with Crippen molar-refractivity contribution < 1.29 is 18.3 Å². The SMILES string of the molecule is CCNC(=NCC(C)c1ccc(F)c(F)c1)NC1CCC(C(=O)OCC)CC1.I. The van der Waals surface area contributed by atoms with E-state index in [0.29, 0.717) is 24.7 Å². The predicted octanol–water partition coefficient (Wildman–Crippen LogP) is 4.36. The van der Waals surface area contributed by atoms with E-state index in [9.17, 15) is 13.6 Å². The van der Waals surface area contributed by atoms with E-state index in [-0.39, 0.29) is 47.8 Å². The molecule has 1 atom stereocenters. The number of ether oxygens (including phenoxy) is 1. The van der Waals surface area contributed by atoms with Gasteiger partial charge in [-0.05, 0) is 57.2 Å². The fourth-order valence-corrected chi connectivity index (χ4v) is 3.40. The van der Waals surface area contributed by atoms with E-state index in [4.69, 9.17) is 4.74 Å². The summed E-state index contributed by atoms with van der Waals surface area (Å²) in [5.74, 6) is -1.11. The Bertz CT molecular complexity index is 680. The topological polar surface area (TPSA) is 62.7 Å². The van der Waals surface area contributed by atoms with Gasteiger partial charge in [0, 0.05) is 25.0 Å². The molecule has 1 saturated carbocycles. The summed E-state index contributed by atoms with van der Waals surface area (Å²) in [5, 5.41) is 6.65. The zero-order valence-electron chi connectivity index (χ0n) is 17.3. The highest BCUT2D eigenvalue weighted by Crippen LogP contribution is 2.25. The van der Waals surface area contributed by atoms with E-state index in [1.54, 1.807) is 6.07 Å². The summed E-state index contributed by atoms with van der Waals surface area (Å²) in [7, 11) is 0. The fourth-order valence-electron chi connectivity index (χ4n) is 3.40. The molecule has 29 heavy (non-hydrogen) atoms. The number of carbonyl (C=O) groups is 1. The number of benzene rings is 1. The second kappa shape index (κ2) is 13.0. The monoisotopic (exact) mass is 523 g/mol. The molecule has 1 aromatic carbocycles. The predicted molar refractivity (Wildman–Crippen MR) is 122 cm³/mol. The first-order valence-corrected chi connectivity index (χ1v) is 10.1. The lowest BCUT2D eigenvalue weighted by molar-refractivity contribution is -0.149. The van der Waals surface area contributed by atoms with Crippen molar-refractivity contribution >= 4 is 35.9 Å². The fraction of sp³-hybridized carbons (Fsp3) is 0.619. The van der Waals surface area contributed by atoms with Gasteiger partial charge in [-0.3, -0.25) is 9.79 Å². The molecule has 1 aromatic rings. The van der Waals surface area contributed by atoms with Crippen molar-refractivity contribution in [1.82, 2.24) is 10.6 Å². The van der Waals surface area contributed by atoms with Crippen LogP contribution in [0.4, 0.5) is 8.78 Å². The molecule has 0 radical (unpaired) electrons. The molecule has 2 rings (SSSR count). The maximum Gasteiger partial charge on any atom is 0.308 e. The average Bonchev–Trinajstić information content (AvgIpc) is 2.69. The van der Waals surface area contributed by atoms with E-state index in [1.807, 2.05) is 20.8 Å². The molecule has 0 heterocycles. The quantitative estimate of drug-likeness (QED) is 0.241. The Morgan fingerprint density at radius 2 is 1.90 bits per heavy atom. The normalized spacial score (nSPS) is 20.4. The molecule has 1 aliphatic rings. The number of guanidine groups is 1. The molecule has 1 fully saturated rings. The van der Waals surface area contributed by atoms with Crippen molar-refractivity contribution in [3.63, 3.8) is 0 Å². The third-order valence-corrected chi connectivity index (χ3v) is 5.07. The van der Waals surface area contributed by atoms with E-state index >= 15 is 0 Å². The van der Waals surface area contributed by atoms with Crippen LogP contribution >= 0.6 is 24.0 Å². The average molecular weight is 523 g/mol. The number of halogens is 3. The van der Waals surface area contributed by atoms with Crippen LogP contribution in [0.3, 0.4) is 0 Å². The van der Waals surface area contributed by atoms with E-state index < -0.39 is 11.6 Å². The molecule has 0 bridgehead atoms. The number of carbonyl (C=O) groups excluding carboxylic acids is 1. The largest absolute Gasteiger partial charge is 0.466 e. The Balaban J connectivity index is 0.00000420. The maximum atomic E-state index is 13.4. The van der Waals surface area contributed by atoms with Crippen LogP contribution in [0.1, 0.15) is 57.9 Å². The van der Waals surface area contributed by atoms with Gasteiger partial charge in [0.1, 0.15) is 0 Å². The van der Waals surface area contributed by atoms with Gasteiger partial charge in [0.25, 0.3) is 0 Å². The highest BCUT2D eigenvalue weighted by Gasteiger charge is 2.27. The first kappa shape index (κ1) is 25.6. The van der Waals surface area contributed by atoms with E-state index in [0.717, 1.165) is 38.3 Å². The van der Waals surface area contributed by atoms with Crippen molar-refractivity contribution in [2.24, 2.45) is 10.9 Å². The van der Waals surface area contributed by atoms with Gasteiger partial charge in [0.15, 0.2) is 17.6 Å². The highest BCUT2D eigenvalue weighted by molar-refractivity contribution is 14.0. The number of aliphatic imine (C=N–C) groups is 1. The minimum atomic E-state index is -0.840. The molecule has 0 aromatic heterocycles. The van der Waals surface area contributed by atoms with Crippen molar-refractivity contribution in [3.8, 4) is 0 Å². The molecule has 0 saturated heterocycles. The second-order valence-corrected chi connectivity index (χ2v) is 7.24. The lowest BCUT2D eigenvalue weighted by Gasteiger charge is -2.29. The van der Waals surface area contributed by atoms with Gasteiger partial charge < -0.3 is 15.4 Å². The summed E-state index contributed by atoms with van der Waals surface area (Å²) >= 11 is 0. The van der Waals surface area contributed by atoms with Crippen LogP contribution in [0.25, 0.3) is 0 Å². The minimum Gasteiger partial charge on any atom is -0.466 e. The third kappa shape index (κ3) is 8.06. The maximum absolute atomic E-state index is 13.4. The van der Waals surface area contributed by atoms with Crippen molar-refractivity contribution in [3.05, 3.63) is 35.4 Å². The summed E-state index contributed by atoms with van der Waals surface area (Å²) in [6, 6.07) is 4.22. The molecule has 0 aliphatic heterocycles. The lowest BCUT2D eigenvalue weighted by Crippen LogP contribution is -2.45. The van der Waals surface area contributed by atoms with E-state index in [2.05, 4.69) is 15.6 Å². The summed E-state index contributed by atoms with van der Waals surface area (Å²) in [5.41, 5.74) is 0.716. The van der Waals surface area contributed by atoms with Crippen LogP contribution in [0, 0.1) is 17.6 Å². The molecule has 1 unspecified atom stereocenters. The zero-order chi connectivity index (χ0) is 20.5. The standard InChI is InChI=1S/C21H31F2N3O2.HI/c1-4-24-21(25-13-14(3)16-8-11-18(22)19(23)12-16)26-17-9-6-15(7-10-17)20(27)28-5-2;/h8,11-12,14-15,17H,4-7,9-10,13H2,1-3H3,(H2,24,25,26);1H. The van der Waals surface area contributed by atoms with Crippen LogP contribution < -0.4 is 10.6 Å². The molecule has 0 amide bonds. The van der Waals surface area contributed by atoms with Gasteiger partial charge >= 0.3 is 5.97 Å². The first-order valence-electron chi connectivity index (χ1n) is 10.1. The molecule has 2 N–H and O–H groups in total. The second-order valence-electron chi connectivity index (χ2n) is 7.24. The van der Waals surface area contributed by atoms with Crippen LogP contribution in [-0.2, 0) is 9.53 Å². The zero-order valence-corrected chi connectivity index (χ0v) is 19.7. The van der Waals surface area contributed by atoms with Gasteiger partial charge in [-0.1, -0.05) is 13.0 Å². The molecular formula is C21H32F2IN3O2. The van der Waals surface area contributed by atoms with Crippen molar-refractivity contribution in [2.75, 3.05) is 19.7 Å². The molecule has 5 nitrogen and oxygen atoms in total. The Labute approximate surface area is 189 Å². The third-order valence-electron chi connectivity index (χ3n) is 5.07. The summed E-state index contributed by atoms with van der Waals surface area (Å²) < 4.78 is 31.7. The number of rotatable bonds is 7. The highest BCUT2D eigenvalue weighted by atomic mass is 127. The van der Waals surface area contributed by atoms with Crippen LogP contribution in [0.5, 0.6) is 0 Å². The van der Waals surface area contributed by atoms with Gasteiger partial charge in [-0.2, -0.15) is 0 Å². The Morgan fingerprint density at radius 1 is 1.21 bits per heavy atom. The number of esters is 1. The Kier molecular flexibility index (Phi) is 11.4. The van der Waals surface area contributed by atoms with Gasteiger partial charge in [0.05, 0.1) is 12.5 Å².